The second kappa shape index (κ2) is 5.01. The van der Waals surface area contributed by atoms with Gasteiger partial charge in [0.25, 0.3) is 0 Å². The van der Waals surface area contributed by atoms with Crippen LogP contribution in [0.3, 0.4) is 0 Å². The zero-order chi connectivity index (χ0) is 12.4. The van der Waals surface area contributed by atoms with Crippen molar-refractivity contribution in [3.63, 3.8) is 0 Å². The molecule has 0 amide bonds. The Bertz CT molecular complexity index is 465. The highest BCUT2D eigenvalue weighted by Crippen LogP contribution is 2.33. The van der Waals surface area contributed by atoms with Crippen LogP contribution < -0.4 is 10.3 Å². The van der Waals surface area contributed by atoms with Crippen LogP contribution in [0.15, 0.2) is 11.0 Å². The van der Waals surface area contributed by atoms with Crippen molar-refractivity contribution in [3.8, 4) is 6.01 Å². The van der Waals surface area contributed by atoms with Crippen molar-refractivity contribution in [1.29, 1.82) is 0 Å². The molecule has 2 aliphatic rings. The Labute approximate surface area is 102 Å². The number of hydrogen-bond donors (Lipinski definition) is 0. The lowest BCUT2D eigenvalue weighted by molar-refractivity contribution is 0.00417. The number of halogens is 2. The van der Waals surface area contributed by atoms with Crippen molar-refractivity contribution in [2.75, 3.05) is 13.0 Å². The van der Waals surface area contributed by atoms with Gasteiger partial charge in [-0.25, -0.2) is 0 Å². The average Bonchev–Trinajstić information content (AvgIpc) is 2.74. The molecule has 0 N–H and O–H groups in total. The normalized spacial score (nSPS) is 25.1. The molecule has 1 aromatic rings. The van der Waals surface area contributed by atoms with Gasteiger partial charge in [-0.3, -0.25) is 9.36 Å². The third kappa shape index (κ3) is 2.28. The van der Waals surface area contributed by atoms with Crippen LogP contribution in [-0.4, -0.2) is 28.6 Å². The SMILES string of the molecule is CCl.O=c1nc2n(cc1F)C1CCC(CO2)O1. The first-order valence-electron chi connectivity index (χ1n) is 5.19. The van der Waals surface area contributed by atoms with E-state index < -0.39 is 11.4 Å². The molecule has 1 aromatic heterocycles. The van der Waals surface area contributed by atoms with E-state index >= 15 is 0 Å². The van der Waals surface area contributed by atoms with Gasteiger partial charge in [-0.2, -0.15) is 9.37 Å². The highest BCUT2D eigenvalue weighted by Gasteiger charge is 2.32. The number of fused-ring (bicyclic) bond motifs is 4. The third-order valence-corrected chi connectivity index (χ3v) is 2.67. The standard InChI is InChI=1S/C9H9FN2O3.CH3Cl/c10-6-3-12-7-2-1-5(15-7)4-14-9(12)11-8(6)13;1-2/h3,5,7H,1-2,4H2;1H3. The topological polar surface area (TPSA) is 53.4 Å². The fourth-order valence-electron chi connectivity index (χ4n) is 1.93. The Morgan fingerprint density at radius 3 is 3.06 bits per heavy atom. The van der Waals surface area contributed by atoms with Crippen LogP contribution in [0, 0.1) is 5.82 Å². The van der Waals surface area contributed by atoms with Gasteiger partial charge in [0.2, 0.25) is 5.82 Å². The van der Waals surface area contributed by atoms with Crippen molar-refractivity contribution in [3.05, 3.63) is 22.4 Å². The summed E-state index contributed by atoms with van der Waals surface area (Å²) in [6.07, 6.45) is 4.02. The predicted octanol–water partition coefficient (Wildman–Crippen LogP) is 1.31. The molecule has 5 nitrogen and oxygen atoms in total. The van der Waals surface area contributed by atoms with Gasteiger partial charge in [0.05, 0.1) is 12.3 Å². The van der Waals surface area contributed by atoms with Crippen molar-refractivity contribution in [2.24, 2.45) is 0 Å². The van der Waals surface area contributed by atoms with E-state index in [2.05, 4.69) is 16.6 Å². The van der Waals surface area contributed by atoms with Gasteiger partial charge in [0.1, 0.15) is 12.8 Å². The van der Waals surface area contributed by atoms with Gasteiger partial charge in [0.15, 0.2) is 0 Å². The third-order valence-electron chi connectivity index (χ3n) is 2.67. The van der Waals surface area contributed by atoms with Gasteiger partial charge in [0, 0.05) is 6.38 Å². The van der Waals surface area contributed by atoms with Crippen LogP contribution in [0.1, 0.15) is 19.1 Å². The summed E-state index contributed by atoms with van der Waals surface area (Å²) in [6, 6.07) is 0.147. The maximum atomic E-state index is 13.1. The van der Waals surface area contributed by atoms with E-state index in [4.69, 9.17) is 9.47 Å². The van der Waals surface area contributed by atoms with Crippen LogP contribution in [0.2, 0.25) is 0 Å². The molecule has 94 valence electrons. The first-order valence-corrected chi connectivity index (χ1v) is 5.94. The first-order chi connectivity index (χ1) is 8.24. The molecule has 0 saturated carbocycles. The van der Waals surface area contributed by atoms with Crippen molar-refractivity contribution in [2.45, 2.75) is 25.2 Å². The molecule has 3 heterocycles. The van der Waals surface area contributed by atoms with E-state index in [-0.39, 0.29) is 18.3 Å². The Morgan fingerprint density at radius 1 is 1.53 bits per heavy atom. The number of rotatable bonds is 0. The molecule has 1 saturated heterocycles. The molecular formula is C10H12ClFN2O3. The van der Waals surface area contributed by atoms with Gasteiger partial charge in [-0.15, -0.1) is 11.6 Å². The van der Waals surface area contributed by atoms with Gasteiger partial charge in [-0.1, -0.05) is 0 Å². The van der Waals surface area contributed by atoms with Gasteiger partial charge >= 0.3 is 11.6 Å². The monoisotopic (exact) mass is 262 g/mol. The van der Waals surface area contributed by atoms with Gasteiger partial charge < -0.3 is 9.47 Å². The molecule has 0 spiro atoms. The minimum atomic E-state index is -0.890. The Morgan fingerprint density at radius 2 is 2.29 bits per heavy atom. The molecule has 2 aliphatic heterocycles. The fourth-order valence-corrected chi connectivity index (χ4v) is 1.93. The summed E-state index contributed by atoms with van der Waals surface area (Å²) in [6.45, 7) is 0.370. The Balaban J connectivity index is 0.000000514. The lowest BCUT2D eigenvalue weighted by atomic mass is 10.2. The highest BCUT2D eigenvalue weighted by molar-refractivity contribution is 6.15. The number of nitrogens with zero attached hydrogens (tertiary/aromatic N) is 2. The van der Waals surface area contributed by atoms with E-state index in [1.165, 1.54) is 11.0 Å². The van der Waals surface area contributed by atoms with Gasteiger partial charge in [-0.05, 0) is 12.8 Å². The summed E-state index contributed by atoms with van der Waals surface area (Å²) in [7, 11) is 0. The summed E-state index contributed by atoms with van der Waals surface area (Å²) in [5.74, 6) is -0.878. The zero-order valence-corrected chi connectivity index (χ0v) is 9.98. The molecular weight excluding hydrogens is 251 g/mol. The summed E-state index contributed by atoms with van der Waals surface area (Å²) < 4.78 is 25.4. The number of aromatic nitrogens is 2. The Kier molecular flexibility index (Phi) is 3.63. The quantitative estimate of drug-likeness (QED) is 0.662. The predicted molar refractivity (Wildman–Crippen MR) is 58.9 cm³/mol. The van der Waals surface area contributed by atoms with E-state index in [0.717, 1.165) is 19.0 Å². The lowest BCUT2D eigenvalue weighted by Gasteiger charge is -2.14. The van der Waals surface area contributed by atoms with Crippen LogP contribution in [0.25, 0.3) is 0 Å². The molecule has 0 aromatic carbocycles. The summed E-state index contributed by atoms with van der Waals surface area (Å²) in [5.41, 5.74) is -0.890. The zero-order valence-electron chi connectivity index (χ0n) is 9.23. The van der Waals surface area contributed by atoms with E-state index in [0.29, 0.717) is 6.61 Å². The number of hydrogen-bond acceptors (Lipinski definition) is 4. The summed E-state index contributed by atoms with van der Waals surface area (Å²) in [5, 5.41) is 0. The molecule has 0 aliphatic carbocycles. The molecule has 17 heavy (non-hydrogen) atoms. The second-order valence-electron chi connectivity index (χ2n) is 3.68. The van der Waals surface area contributed by atoms with Crippen LogP contribution in [0.5, 0.6) is 6.01 Å². The molecule has 3 rings (SSSR count). The minimum absolute atomic E-state index is 0.0230. The smallest absolute Gasteiger partial charge is 0.311 e. The van der Waals surface area contributed by atoms with Crippen LogP contribution >= 0.6 is 11.6 Å². The molecule has 1 fully saturated rings. The Hall–Kier alpha value is -1.14. The molecule has 0 radical (unpaired) electrons. The van der Waals surface area contributed by atoms with E-state index in [1.807, 2.05) is 0 Å². The van der Waals surface area contributed by atoms with E-state index in [1.54, 1.807) is 0 Å². The first kappa shape index (κ1) is 12.3. The average molecular weight is 263 g/mol. The molecule has 7 heteroatoms. The second-order valence-corrected chi connectivity index (χ2v) is 3.68. The molecule has 2 unspecified atom stereocenters. The van der Waals surface area contributed by atoms with E-state index in [9.17, 15) is 9.18 Å². The summed E-state index contributed by atoms with van der Waals surface area (Å²) >= 11 is 4.64. The number of alkyl halides is 1. The van der Waals surface area contributed by atoms with Crippen LogP contribution in [-0.2, 0) is 4.74 Å². The summed E-state index contributed by atoms with van der Waals surface area (Å²) in [4.78, 5) is 14.5. The number of ether oxygens (including phenoxy) is 2. The largest absolute Gasteiger partial charge is 0.462 e. The maximum Gasteiger partial charge on any atom is 0.311 e. The highest BCUT2D eigenvalue weighted by atomic mass is 35.5. The minimum Gasteiger partial charge on any atom is -0.462 e. The fraction of sp³-hybridized carbons (Fsp3) is 0.600. The molecule has 2 atom stereocenters. The maximum absolute atomic E-state index is 13.1. The van der Waals surface area contributed by atoms with Crippen molar-refractivity contribution < 1.29 is 13.9 Å². The van der Waals surface area contributed by atoms with Crippen molar-refractivity contribution >= 4 is 11.6 Å². The van der Waals surface area contributed by atoms with Crippen molar-refractivity contribution in [1.82, 2.24) is 9.55 Å². The lowest BCUT2D eigenvalue weighted by Crippen LogP contribution is -2.21. The van der Waals surface area contributed by atoms with Crippen LogP contribution in [0.4, 0.5) is 4.39 Å². The molecule has 2 bridgehead atoms.